The van der Waals surface area contributed by atoms with E-state index in [1.807, 2.05) is 25.1 Å². The maximum absolute atomic E-state index is 13.0. The number of nitrogens with zero attached hydrogens (tertiary/aromatic N) is 1. The molecule has 0 aliphatic rings. The second-order valence-corrected chi connectivity index (χ2v) is 5.96. The standard InChI is InChI=1S/C20H23FN2O2/c1-15(16-10-12-18(21)13-11-16)23(2)19(24)9-6-14-22-20(25)17-7-4-3-5-8-17/h3-5,7-8,10-13,15H,6,9,14H2,1-2H3,(H,22,25). The topological polar surface area (TPSA) is 49.4 Å². The Balaban J connectivity index is 1.76. The van der Waals surface area contributed by atoms with Crippen LogP contribution in [0.25, 0.3) is 0 Å². The molecule has 2 aromatic rings. The van der Waals surface area contributed by atoms with Gasteiger partial charge in [0.15, 0.2) is 0 Å². The van der Waals surface area contributed by atoms with E-state index in [0.717, 1.165) is 5.56 Å². The summed E-state index contributed by atoms with van der Waals surface area (Å²) in [5, 5.41) is 2.81. The largest absolute Gasteiger partial charge is 0.352 e. The molecule has 1 unspecified atom stereocenters. The summed E-state index contributed by atoms with van der Waals surface area (Å²) in [5.74, 6) is -0.439. The SMILES string of the molecule is CC(c1ccc(F)cc1)N(C)C(=O)CCCNC(=O)c1ccccc1. The summed E-state index contributed by atoms with van der Waals surface area (Å²) in [6.45, 7) is 2.35. The number of amides is 2. The summed E-state index contributed by atoms with van der Waals surface area (Å²) in [6.07, 6.45) is 0.912. The molecule has 0 spiro atoms. The molecule has 0 bridgehead atoms. The fourth-order valence-electron chi connectivity index (χ4n) is 2.49. The van der Waals surface area contributed by atoms with Gasteiger partial charge in [0.25, 0.3) is 5.91 Å². The summed E-state index contributed by atoms with van der Waals surface area (Å²) < 4.78 is 13.0. The lowest BCUT2D eigenvalue weighted by Gasteiger charge is -2.25. The summed E-state index contributed by atoms with van der Waals surface area (Å²) in [4.78, 5) is 25.8. The minimum Gasteiger partial charge on any atom is -0.352 e. The third kappa shape index (κ3) is 5.41. The van der Waals surface area contributed by atoms with E-state index in [4.69, 9.17) is 0 Å². The third-order valence-corrected chi connectivity index (χ3v) is 4.22. The Bertz CT molecular complexity index is 701. The molecule has 2 amide bonds. The Labute approximate surface area is 147 Å². The second-order valence-electron chi connectivity index (χ2n) is 5.96. The average Bonchev–Trinajstić information content (AvgIpc) is 2.65. The van der Waals surface area contributed by atoms with E-state index in [-0.39, 0.29) is 23.7 Å². The maximum Gasteiger partial charge on any atom is 0.251 e. The van der Waals surface area contributed by atoms with Gasteiger partial charge in [-0.15, -0.1) is 0 Å². The van der Waals surface area contributed by atoms with Crippen molar-refractivity contribution in [2.24, 2.45) is 0 Å². The molecule has 0 heterocycles. The zero-order valence-electron chi connectivity index (χ0n) is 14.5. The number of hydrogen-bond donors (Lipinski definition) is 1. The third-order valence-electron chi connectivity index (χ3n) is 4.22. The highest BCUT2D eigenvalue weighted by Gasteiger charge is 2.17. The van der Waals surface area contributed by atoms with E-state index < -0.39 is 0 Å². The Kier molecular flexibility index (Phi) is 6.69. The molecule has 1 N–H and O–H groups in total. The van der Waals surface area contributed by atoms with Crippen LogP contribution < -0.4 is 5.32 Å². The van der Waals surface area contributed by atoms with E-state index in [9.17, 15) is 14.0 Å². The Morgan fingerprint density at radius 3 is 2.36 bits per heavy atom. The second kappa shape index (κ2) is 8.97. The number of halogens is 1. The number of rotatable bonds is 7. The molecule has 0 aliphatic heterocycles. The Hall–Kier alpha value is -2.69. The normalized spacial score (nSPS) is 11.6. The van der Waals surface area contributed by atoms with Crippen molar-refractivity contribution in [3.05, 3.63) is 71.5 Å². The van der Waals surface area contributed by atoms with Crippen LogP contribution in [0.4, 0.5) is 4.39 Å². The zero-order valence-corrected chi connectivity index (χ0v) is 14.5. The maximum atomic E-state index is 13.0. The first-order valence-corrected chi connectivity index (χ1v) is 8.33. The van der Waals surface area contributed by atoms with E-state index in [1.54, 1.807) is 36.2 Å². The molecule has 5 heteroatoms. The van der Waals surface area contributed by atoms with Crippen LogP contribution in [0.1, 0.15) is 41.7 Å². The molecule has 0 saturated heterocycles. The lowest BCUT2D eigenvalue weighted by molar-refractivity contribution is -0.131. The van der Waals surface area contributed by atoms with Gasteiger partial charge in [0.1, 0.15) is 5.82 Å². The monoisotopic (exact) mass is 342 g/mol. The van der Waals surface area contributed by atoms with Crippen LogP contribution >= 0.6 is 0 Å². The van der Waals surface area contributed by atoms with Gasteiger partial charge in [-0.2, -0.15) is 0 Å². The van der Waals surface area contributed by atoms with Crippen LogP contribution in [-0.2, 0) is 4.79 Å². The number of benzene rings is 2. The van der Waals surface area contributed by atoms with Crippen molar-refractivity contribution in [2.45, 2.75) is 25.8 Å². The van der Waals surface area contributed by atoms with Crippen LogP contribution in [0.15, 0.2) is 54.6 Å². The molecule has 0 saturated carbocycles. The van der Waals surface area contributed by atoms with Crippen molar-refractivity contribution in [1.82, 2.24) is 10.2 Å². The fraction of sp³-hybridized carbons (Fsp3) is 0.300. The molecule has 4 nitrogen and oxygen atoms in total. The molecule has 132 valence electrons. The van der Waals surface area contributed by atoms with Crippen LogP contribution in [0.5, 0.6) is 0 Å². The van der Waals surface area contributed by atoms with Crippen molar-refractivity contribution >= 4 is 11.8 Å². The van der Waals surface area contributed by atoms with E-state index in [0.29, 0.717) is 24.9 Å². The molecule has 0 radical (unpaired) electrons. The van der Waals surface area contributed by atoms with Gasteiger partial charge < -0.3 is 10.2 Å². The first kappa shape index (κ1) is 18.6. The fourth-order valence-corrected chi connectivity index (χ4v) is 2.49. The van der Waals surface area contributed by atoms with Gasteiger partial charge in [0.05, 0.1) is 6.04 Å². The van der Waals surface area contributed by atoms with Crippen LogP contribution in [0.2, 0.25) is 0 Å². The summed E-state index contributed by atoms with van der Waals surface area (Å²) in [7, 11) is 1.74. The highest BCUT2D eigenvalue weighted by molar-refractivity contribution is 5.94. The first-order chi connectivity index (χ1) is 12.0. The molecule has 0 aromatic heterocycles. The highest BCUT2D eigenvalue weighted by atomic mass is 19.1. The molecule has 2 aromatic carbocycles. The van der Waals surface area contributed by atoms with Gasteiger partial charge in [-0.3, -0.25) is 9.59 Å². The first-order valence-electron chi connectivity index (χ1n) is 8.33. The van der Waals surface area contributed by atoms with Crippen molar-refractivity contribution < 1.29 is 14.0 Å². The van der Waals surface area contributed by atoms with E-state index >= 15 is 0 Å². The van der Waals surface area contributed by atoms with Crippen LogP contribution in [-0.4, -0.2) is 30.3 Å². The van der Waals surface area contributed by atoms with E-state index in [2.05, 4.69) is 5.32 Å². The van der Waals surface area contributed by atoms with Gasteiger partial charge in [-0.05, 0) is 43.2 Å². The molecule has 1 atom stereocenters. The predicted molar refractivity (Wildman–Crippen MR) is 95.6 cm³/mol. The van der Waals surface area contributed by atoms with Gasteiger partial charge in [-0.25, -0.2) is 4.39 Å². The molecular formula is C20H23FN2O2. The van der Waals surface area contributed by atoms with Crippen molar-refractivity contribution in [1.29, 1.82) is 0 Å². The Morgan fingerprint density at radius 1 is 1.08 bits per heavy atom. The van der Waals surface area contributed by atoms with Crippen molar-refractivity contribution in [3.63, 3.8) is 0 Å². The van der Waals surface area contributed by atoms with Gasteiger partial charge in [0, 0.05) is 25.6 Å². The molecule has 25 heavy (non-hydrogen) atoms. The average molecular weight is 342 g/mol. The van der Waals surface area contributed by atoms with E-state index in [1.165, 1.54) is 12.1 Å². The number of carbonyl (C=O) groups excluding carboxylic acids is 2. The molecule has 0 aliphatic carbocycles. The lowest BCUT2D eigenvalue weighted by atomic mass is 10.1. The summed E-state index contributed by atoms with van der Waals surface area (Å²) in [5.41, 5.74) is 1.49. The molecule has 0 fully saturated rings. The van der Waals surface area contributed by atoms with Gasteiger partial charge in [0.2, 0.25) is 5.91 Å². The number of hydrogen-bond acceptors (Lipinski definition) is 2. The summed E-state index contributed by atoms with van der Waals surface area (Å²) >= 11 is 0. The predicted octanol–water partition coefficient (Wildman–Crippen LogP) is 3.56. The zero-order chi connectivity index (χ0) is 18.2. The van der Waals surface area contributed by atoms with Crippen molar-refractivity contribution in [3.8, 4) is 0 Å². The van der Waals surface area contributed by atoms with Gasteiger partial charge >= 0.3 is 0 Å². The Morgan fingerprint density at radius 2 is 1.72 bits per heavy atom. The van der Waals surface area contributed by atoms with Crippen LogP contribution in [0, 0.1) is 5.82 Å². The highest BCUT2D eigenvalue weighted by Crippen LogP contribution is 2.19. The number of carbonyl (C=O) groups is 2. The molecule has 2 rings (SSSR count). The lowest BCUT2D eigenvalue weighted by Crippen LogP contribution is -2.31. The number of nitrogens with one attached hydrogen (secondary N) is 1. The van der Waals surface area contributed by atoms with Gasteiger partial charge in [-0.1, -0.05) is 30.3 Å². The minimum absolute atomic E-state index is 0.00853. The smallest absolute Gasteiger partial charge is 0.251 e. The quantitative estimate of drug-likeness (QED) is 0.782. The van der Waals surface area contributed by atoms with Crippen LogP contribution in [0.3, 0.4) is 0 Å². The summed E-state index contributed by atoms with van der Waals surface area (Å²) in [6, 6.07) is 15.0. The van der Waals surface area contributed by atoms with Crippen molar-refractivity contribution in [2.75, 3.05) is 13.6 Å². The minimum atomic E-state index is -0.293. The molecular weight excluding hydrogens is 319 g/mol.